The Hall–Kier alpha value is -0.820. The van der Waals surface area contributed by atoms with Gasteiger partial charge >= 0.3 is 0 Å². The molecule has 0 fully saturated rings. The Bertz CT molecular complexity index is 208. The van der Waals surface area contributed by atoms with Crippen LogP contribution in [0.3, 0.4) is 0 Å². The van der Waals surface area contributed by atoms with Gasteiger partial charge in [-0.05, 0) is 13.8 Å². The van der Waals surface area contributed by atoms with Gasteiger partial charge < -0.3 is 0 Å². The summed E-state index contributed by atoms with van der Waals surface area (Å²) in [5, 5.41) is 0.288. The molecule has 0 aromatic carbocycles. The number of halogens is 1. The lowest BCUT2D eigenvalue weighted by atomic mass is 10.1. The highest BCUT2D eigenvalue weighted by Gasteiger charge is 2.03. The van der Waals surface area contributed by atoms with Gasteiger partial charge in [0.25, 0.3) is 0 Å². The monoisotopic (exact) mass is 170 g/mol. The van der Waals surface area contributed by atoms with Crippen LogP contribution < -0.4 is 0 Å². The normalized spacial score (nSPS) is 12.1. The van der Waals surface area contributed by atoms with Crippen molar-refractivity contribution in [1.82, 2.24) is 0 Å². The van der Waals surface area contributed by atoms with E-state index in [9.17, 15) is 4.79 Å². The molecule has 0 aromatic rings. The van der Waals surface area contributed by atoms with Crippen molar-refractivity contribution in [2.75, 3.05) is 0 Å². The van der Waals surface area contributed by atoms with Crippen molar-refractivity contribution in [2.45, 2.75) is 13.8 Å². The summed E-state index contributed by atoms with van der Waals surface area (Å²) < 4.78 is 0. The Morgan fingerprint density at radius 3 is 2.36 bits per heavy atom. The van der Waals surface area contributed by atoms with Crippen molar-refractivity contribution in [3.05, 3.63) is 35.4 Å². The van der Waals surface area contributed by atoms with E-state index in [0.29, 0.717) is 5.57 Å². The Balaban J connectivity index is 4.60. The minimum absolute atomic E-state index is 0.0666. The SMILES string of the molecule is C=C(Cl)/C(=C\C=C/C)C(C)=O. The Labute approximate surface area is 72.1 Å². The van der Waals surface area contributed by atoms with Crippen molar-refractivity contribution < 1.29 is 4.79 Å². The van der Waals surface area contributed by atoms with Crippen LogP contribution in [0.25, 0.3) is 0 Å². The van der Waals surface area contributed by atoms with E-state index in [1.54, 1.807) is 12.2 Å². The fourth-order valence-corrected chi connectivity index (χ4v) is 0.787. The maximum atomic E-state index is 10.8. The summed E-state index contributed by atoms with van der Waals surface area (Å²) >= 11 is 5.56. The first-order chi connectivity index (χ1) is 5.09. The Morgan fingerprint density at radius 1 is 1.55 bits per heavy atom. The second-order valence-corrected chi connectivity index (χ2v) is 2.52. The molecule has 2 heteroatoms. The molecule has 0 amide bonds. The lowest BCUT2D eigenvalue weighted by molar-refractivity contribution is -0.113. The molecule has 11 heavy (non-hydrogen) atoms. The van der Waals surface area contributed by atoms with Gasteiger partial charge in [0, 0.05) is 10.6 Å². The van der Waals surface area contributed by atoms with Crippen molar-refractivity contribution in [1.29, 1.82) is 0 Å². The molecular weight excluding hydrogens is 160 g/mol. The fraction of sp³-hybridized carbons (Fsp3) is 0.222. The summed E-state index contributed by atoms with van der Waals surface area (Å²) in [7, 11) is 0. The average molecular weight is 171 g/mol. The fourth-order valence-electron chi connectivity index (χ4n) is 0.591. The molecule has 60 valence electrons. The number of carbonyl (C=O) groups excluding carboxylic acids is 1. The zero-order valence-corrected chi connectivity index (χ0v) is 7.48. The van der Waals surface area contributed by atoms with Crippen LogP contribution in [-0.4, -0.2) is 5.78 Å². The predicted molar refractivity (Wildman–Crippen MR) is 48.6 cm³/mol. The van der Waals surface area contributed by atoms with Crippen molar-refractivity contribution in [3.8, 4) is 0 Å². The Kier molecular flexibility index (Phi) is 4.55. The van der Waals surface area contributed by atoms with Gasteiger partial charge in [-0.1, -0.05) is 36.4 Å². The maximum absolute atomic E-state index is 10.8. The van der Waals surface area contributed by atoms with E-state index >= 15 is 0 Å². The van der Waals surface area contributed by atoms with Crippen LogP contribution in [0.5, 0.6) is 0 Å². The molecule has 0 radical (unpaired) electrons. The molecule has 0 aliphatic rings. The minimum Gasteiger partial charge on any atom is -0.294 e. The van der Waals surface area contributed by atoms with Crippen LogP contribution in [0.2, 0.25) is 0 Å². The molecule has 1 nitrogen and oxygen atoms in total. The molecule has 0 saturated carbocycles. The standard InChI is InChI=1S/C9H11ClO/c1-4-5-6-9(7(2)10)8(3)11/h4-6H,2H2,1,3H3/b5-4-,9-6+. The zero-order chi connectivity index (χ0) is 8.85. The van der Waals surface area contributed by atoms with Crippen molar-refractivity contribution in [2.24, 2.45) is 0 Å². The van der Waals surface area contributed by atoms with Crippen LogP contribution in [0.15, 0.2) is 35.4 Å². The number of Topliss-reactive ketones (excluding diaryl/α,β-unsaturated/α-hetero) is 1. The van der Waals surface area contributed by atoms with Gasteiger partial charge in [-0.2, -0.15) is 0 Å². The molecule has 0 unspecified atom stereocenters. The highest BCUT2D eigenvalue weighted by molar-refractivity contribution is 6.35. The van der Waals surface area contributed by atoms with Crippen LogP contribution >= 0.6 is 11.6 Å². The summed E-state index contributed by atoms with van der Waals surface area (Å²) in [5.74, 6) is -0.0666. The lowest BCUT2D eigenvalue weighted by Gasteiger charge is -1.96. The van der Waals surface area contributed by atoms with Gasteiger partial charge in [0.15, 0.2) is 5.78 Å². The van der Waals surface area contributed by atoms with Gasteiger partial charge in [-0.25, -0.2) is 0 Å². The lowest BCUT2D eigenvalue weighted by Crippen LogP contribution is -1.94. The first-order valence-corrected chi connectivity index (χ1v) is 3.66. The highest BCUT2D eigenvalue weighted by Crippen LogP contribution is 2.12. The minimum atomic E-state index is -0.0666. The molecule has 0 atom stereocenters. The third-order valence-corrected chi connectivity index (χ3v) is 1.33. The number of hydrogen-bond acceptors (Lipinski definition) is 1. The number of allylic oxidation sites excluding steroid dienone is 5. The van der Waals surface area contributed by atoms with Gasteiger partial charge in [-0.3, -0.25) is 4.79 Å². The summed E-state index contributed by atoms with van der Waals surface area (Å²) in [4.78, 5) is 10.8. The van der Waals surface area contributed by atoms with Gasteiger partial charge in [0.05, 0.1) is 0 Å². The largest absolute Gasteiger partial charge is 0.294 e. The van der Waals surface area contributed by atoms with Crippen LogP contribution in [-0.2, 0) is 4.79 Å². The topological polar surface area (TPSA) is 17.1 Å². The second-order valence-electron chi connectivity index (χ2n) is 2.07. The van der Waals surface area contributed by atoms with Crippen molar-refractivity contribution in [3.63, 3.8) is 0 Å². The van der Waals surface area contributed by atoms with E-state index in [4.69, 9.17) is 11.6 Å². The first kappa shape index (κ1) is 10.2. The summed E-state index contributed by atoms with van der Waals surface area (Å²) in [6.07, 6.45) is 5.23. The zero-order valence-electron chi connectivity index (χ0n) is 6.73. The predicted octanol–water partition coefficient (Wildman–Crippen LogP) is 2.83. The van der Waals surface area contributed by atoms with E-state index in [-0.39, 0.29) is 10.8 Å². The van der Waals surface area contributed by atoms with Crippen molar-refractivity contribution >= 4 is 17.4 Å². The molecule has 0 bridgehead atoms. The molecule has 0 rings (SSSR count). The summed E-state index contributed by atoms with van der Waals surface area (Å²) in [5.41, 5.74) is 0.463. The second kappa shape index (κ2) is 4.91. The third kappa shape index (κ3) is 3.79. The maximum Gasteiger partial charge on any atom is 0.161 e. The molecule has 0 aromatic heterocycles. The van der Waals surface area contributed by atoms with Gasteiger partial charge in [-0.15, -0.1) is 0 Å². The Morgan fingerprint density at radius 2 is 2.09 bits per heavy atom. The third-order valence-electron chi connectivity index (χ3n) is 1.13. The highest BCUT2D eigenvalue weighted by atomic mass is 35.5. The van der Waals surface area contributed by atoms with Crippen LogP contribution in [0.1, 0.15) is 13.8 Å². The van der Waals surface area contributed by atoms with E-state index in [1.807, 2.05) is 13.0 Å². The molecule has 0 saturated heterocycles. The number of ketones is 1. The van der Waals surface area contributed by atoms with E-state index in [0.717, 1.165) is 0 Å². The number of rotatable bonds is 3. The first-order valence-electron chi connectivity index (χ1n) is 3.28. The van der Waals surface area contributed by atoms with Gasteiger partial charge in [0.1, 0.15) is 0 Å². The number of carbonyl (C=O) groups is 1. The molecule has 0 spiro atoms. The van der Waals surface area contributed by atoms with Crippen LogP contribution in [0.4, 0.5) is 0 Å². The van der Waals surface area contributed by atoms with Gasteiger partial charge in [0.2, 0.25) is 0 Å². The van der Waals surface area contributed by atoms with E-state index in [1.165, 1.54) is 6.92 Å². The quantitative estimate of drug-likeness (QED) is 0.470. The molecule has 0 heterocycles. The smallest absolute Gasteiger partial charge is 0.161 e. The van der Waals surface area contributed by atoms with Crippen LogP contribution in [0, 0.1) is 0 Å². The molecule has 0 aliphatic heterocycles. The number of hydrogen-bond donors (Lipinski definition) is 0. The molecular formula is C9H11ClO. The molecule has 0 aliphatic carbocycles. The average Bonchev–Trinajstić information content (AvgIpc) is 1.87. The van der Waals surface area contributed by atoms with E-state index < -0.39 is 0 Å². The van der Waals surface area contributed by atoms with E-state index in [2.05, 4.69) is 6.58 Å². The summed E-state index contributed by atoms with van der Waals surface area (Å²) in [6, 6.07) is 0. The summed E-state index contributed by atoms with van der Waals surface area (Å²) in [6.45, 7) is 6.80. The molecule has 0 N–H and O–H groups in total.